The lowest BCUT2D eigenvalue weighted by atomic mass is 10.3. The molecule has 0 saturated carbocycles. The summed E-state index contributed by atoms with van der Waals surface area (Å²) in [6, 6.07) is -0.740. The van der Waals surface area contributed by atoms with Crippen molar-refractivity contribution < 1.29 is 33.4 Å². The monoisotopic (exact) mass is 244 g/mol. The molecule has 0 radical (unpaired) electrons. The van der Waals surface area contributed by atoms with Crippen molar-refractivity contribution in [2.24, 2.45) is 0 Å². The average molecular weight is 244 g/mol. The van der Waals surface area contributed by atoms with Crippen LogP contribution in [0.4, 0.5) is 4.79 Å². The molecule has 92 valence electrons. The van der Waals surface area contributed by atoms with E-state index in [0.717, 1.165) is 0 Å². The Hall–Kier alpha value is -2.45. The SMILES string of the molecule is O=C1CC(=O)NC(=O)N1.O=C1CC(=O)OCO1. The lowest BCUT2D eigenvalue weighted by molar-refractivity contribution is -0.181. The molecule has 2 aliphatic heterocycles. The van der Waals surface area contributed by atoms with Crippen LogP contribution in [0.2, 0.25) is 0 Å². The van der Waals surface area contributed by atoms with Crippen LogP contribution in [-0.4, -0.2) is 36.6 Å². The molecule has 17 heavy (non-hydrogen) atoms. The number of cyclic esters (lactones) is 2. The minimum Gasteiger partial charge on any atom is -0.427 e. The van der Waals surface area contributed by atoms with Crippen molar-refractivity contribution in [3.8, 4) is 0 Å². The number of carbonyl (C=O) groups is 5. The largest absolute Gasteiger partial charge is 0.427 e. The molecule has 0 aromatic carbocycles. The summed E-state index contributed by atoms with van der Waals surface area (Å²) in [4.78, 5) is 51.1. The van der Waals surface area contributed by atoms with Gasteiger partial charge in [0.2, 0.25) is 18.6 Å². The molecular formula is C8H8N2O7. The number of esters is 2. The van der Waals surface area contributed by atoms with Crippen LogP contribution in [0.3, 0.4) is 0 Å². The van der Waals surface area contributed by atoms with Gasteiger partial charge in [0.1, 0.15) is 12.8 Å². The van der Waals surface area contributed by atoms with Gasteiger partial charge in [-0.05, 0) is 0 Å². The summed E-state index contributed by atoms with van der Waals surface area (Å²) in [5, 5.41) is 3.80. The summed E-state index contributed by atoms with van der Waals surface area (Å²) in [7, 11) is 0. The fraction of sp³-hybridized carbons (Fsp3) is 0.375. The maximum Gasteiger partial charge on any atom is 0.328 e. The van der Waals surface area contributed by atoms with Gasteiger partial charge in [-0.1, -0.05) is 0 Å². The standard InChI is InChI=1S/C4H4N2O3.C4H4O4/c7-2-1-3(8)6-4(9)5-2;5-3-1-4(6)8-2-7-3/h1H2,(H2,5,6,7,8,9);1-2H2. The summed E-state index contributed by atoms with van der Waals surface area (Å²) in [5.41, 5.74) is 0. The molecule has 2 aliphatic rings. The Morgan fingerprint density at radius 1 is 0.765 bits per heavy atom. The lowest BCUT2D eigenvalue weighted by Gasteiger charge is -2.09. The van der Waals surface area contributed by atoms with Crippen molar-refractivity contribution >= 4 is 29.8 Å². The molecule has 9 nitrogen and oxygen atoms in total. The molecule has 2 N–H and O–H groups in total. The van der Waals surface area contributed by atoms with Gasteiger partial charge in [-0.25, -0.2) is 4.79 Å². The first kappa shape index (κ1) is 12.6. The third kappa shape index (κ3) is 4.73. The topological polar surface area (TPSA) is 128 Å². The highest BCUT2D eigenvalue weighted by Gasteiger charge is 2.20. The first-order chi connectivity index (χ1) is 7.97. The van der Waals surface area contributed by atoms with Crippen LogP contribution in [0.1, 0.15) is 12.8 Å². The van der Waals surface area contributed by atoms with E-state index in [1.165, 1.54) is 0 Å². The van der Waals surface area contributed by atoms with E-state index in [-0.39, 0.29) is 19.6 Å². The maximum absolute atomic E-state index is 10.3. The highest BCUT2D eigenvalue weighted by molar-refractivity contribution is 6.14. The molecule has 0 aromatic heterocycles. The van der Waals surface area contributed by atoms with E-state index in [0.29, 0.717) is 0 Å². The maximum atomic E-state index is 10.3. The van der Waals surface area contributed by atoms with Crippen LogP contribution < -0.4 is 10.6 Å². The second-order valence-corrected chi connectivity index (χ2v) is 2.93. The van der Waals surface area contributed by atoms with Crippen LogP contribution in [0, 0.1) is 0 Å². The Morgan fingerprint density at radius 3 is 1.53 bits per heavy atom. The quantitative estimate of drug-likeness (QED) is 0.379. The molecule has 4 amide bonds. The summed E-state index contributed by atoms with van der Waals surface area (Å²) in [6.45, 7) is -0.225. The molecule has 0 aromatic rings. The van der Waals surface area contributed by atoms with Crippen molar-refractivity contribution in [2.75, 3.05) is 6.79 Å². The van der Waals surface area contributed by atoms with E-state index >= 15 is 0 Å². The molecule has 2 heterocycles. The van der Waals surface area contributed by atoms with Gasteiger partial charge in [-0.3, -0.25) is 29.8 Å². The lowest BCUT2D eigenvalue weighted by Crippen LogP contribution is -2.49. The fourth-order valence-corrected chi connectivity index (χ4v) is 0.900. The van der Waals surface area contributed by atoms with Gasteiger partial charge in [0.05, 0.1) is 0 Å². The average Bonchev–Trinajstić information content (AvgIpc) is 2.15. The van der Waals surface area contributed by atoms with Crippen LogP contribution >= 0.6 is 0 Å². The van der Waals surface area contributed by atoms with Crippen molar-refractivity contribution in [1.29, 1.82) is 0 Å². The van der Waals surface area contributed by atoms with Gasteiger partial charge in [0, 0.05) is 0 Å². The second kappa shape index (κ2) is 5.58. The Balaban J connectivity index is 0.000000171. The second-order valence-electron chi connectivity index (χ2n) is 2.93. The van der Waals surface area contributed by atoms with Crippen LogP contribution in [0.5, 0.6) is 0 Å². The molecule has 0 spiro atoms. The minimum absolute atomic E-state index is 0.225. The van der Waals surface area contributed by atoms with E-state index in [1.54, 1.807) is 0 Å². The minimum atomic E-state index is -0.740. The van der Waals surface area contributed by atoms with Crippen molar-refractivity contribution in [3.63, 3.8) is 0 Å². The van der Waals surface area contributed by atoms with Gasteiger partial charge in [-0.15, -0.1) is 0 Å². The van der Waals surface area contributed by atoms with E-state index in [4.69, 9.17) is 0 Å². The van der Waals surface area contributed by atoms with Crippen molar-refractivity contribution in [1.82, 2.24) is 10.6 Å². The molecule has 0 aliphatic carbocycles. The zero-order valence-electron chi connectivity index (χ0n) is 8.48. The number of urea groups is 1. The summed E-state index contributed by atoms with van der Waals surface area (Å²) < 4.78 is 8.53. The van der Waals surface area contributed by atoms with Gasteiger partial charge >= 0.3 is 18.0 Å². The molecule has 2 rings (SSSR count). The number of ether oxygens (including phenoxy) is 2. The third-order valence-corrected chi connectivity index (χ3v) is 1.56. The van der Waals surface area contributed by atoms with E-state index in [2.05, 4.69) is 9.47 Å². The van der Waals surface area contributed by atoms with Crippen molar-refractivity contribution in [2.45, 2.75) is 12.8 Å². The summed E-state index contributed by atoms with van der Waals surface area (Å²) in [6.07, 6.45) is -0.508. The van der Waals surface area contributed by atoms with Crippen LogP contribution in [0.15, 0.2) is 0 Å². The van der Waals surface area contributed by atoms with Crippen LogP contribution in [0.25, 0.3) is 0 Å². The molecular weight excluding hydrogens is 236 g/mol. The number of amides is 4. The zero-order chi connectivity index (χ0) is 12.8. The Labute approximate surface area is 94.4 Å². The third-order valence-electron chi connectivity index (χ3n) is 1.56. The van der Waals surface area contributed by atoms with Crippen molar-refractivity contribution in [3.05, 3.63) is 0 Å². The highest BCUT2D eigenvalue weighted by Crippen LogP contribution is 1.97. The normalized spacial score (nSPS) is 19.2. The smallest absolute Gasteiger partial charge is 0.328 e. The van der Waals surface area contributed by atoms with E-state index < -0.39 is 29.8 Å². The molecule has 0 atom stereocenters. The Kier molecular flexibility index (Phi) is 4.14. The van der Waals surface area contributed by atoms with Gasteiger partial charge in [-0.2, -0.15) is 0 Å². The highest BCUT2D eigenvalue weighted by atomic mass is 16.7. The molecule has 0 bridgehead atoms. The fourth-order valence-electron chi connectivity index (χ4n) is 0.900. The van der Waals surface area contributed by atoms with E-state index in [9.17, 15) is 24.0 Å². The Morgan fingerprint density at radius 2 is 1.24 bits per heavy atom. The molecule has 2 saturated heterocycles. The van der Waals surface area contributed by atoms with Gasteiger partial charge in [0.25, 0.3) is 0 Å². The predicted octanol–water partition coefficient (Wildman–Crippen LogP) is -1.82. The number of barbiturate groups is 1. The van der Waals surface area contributed by atoms with Gasteiger partial charge in [0.15, 0.2) is 0 Å². The predicted molar refractivity (Wildman–Crippen MR) is 48.0 cm³/mol. The number of nitrogens with one attached hydrogen (secondary N) is 2. The first-order valence-electron chi connectivity index (χ1n) is 4.42. The number of hydrogen-bond donors (Lipinski definition) is 2. The molecule has 0 unspecified atom stereocenters. The Bertz CT molecular complexity index is 330. The summed E-state index contributed by atoms with van der Waals surface area (Å²) in [5.74, 6) is -2.13. The number of rotatable bonds is 0. The summed E-state index contributed by atoms with van der Waals surface area (Å²) >= 11 is 0. The number of carbonyl (C=O) groups excluding carboxylic acids is 5. The number of imide groups is 2. The number of hydrogen-bond acceptors (Lipinski definition) is 7. The van der Waals surface area contributed by atoms with Gasteiger partial charge < -0.3 is 9.47 Å². The molecule has 9 heteroatoms. The van der Waals surface area contributed by atoms with E-state index in [1.807, 2.05) is 10.6 Å². The molecule has 2 fully saturated rings. The zero-order valence-corrected chi connectivity index (χ0v) is 8.48. The first-order valence-corrected chi connectivity index (χ1v) is 4.42. The van der Waals surface area contributed by atoms with Crippen LogP contribution in [-0.2, 0) is 28.7 Å².